The number of nitrogens with two attached hydrogens (primary N) is 1. The van der Waals surface area contributed by atoms with Gasteiger partial charge in [0.05, 0.1) is 6.61 Å². The van der Waals surface area contributed by atoms with Crippen LogP contribution in [0.15, 0.2) is 24.3 Å². The Morgan fingerprint density at radius 2 is 2.00 bits per heavy atom. The van der Waals surface area contributed by atoms with E-state index in [2.05, 4.69) is 31.2 Å². The number of aryl methyl sites for hydroxylation is 2. The van der Waals surface area contributed by atoms with E-state index in [-0.39, 0.29) is 5.97 Å². The van der Waals surface area contributed by atoms with Crippen LogP contribution in [0, 0.1) is 6.92 Å². The van der Waals surface area contributed by atoms with Crippen LogP contribution in [0.5, 0.6) is 0 Å². The minimum Gasteiger partial charge on any atom is -0.465 e. The maximum absolute atomic E-state index is 11.3. The fraction of sp³-hybridized carbons (Fsp3) is 0.500. The van der Waals surface area contributed by atoms with E-state index in [1.165, 1.54) is 11.1 Å². The summed E-state index contributed by atoms with van der Waals surface area (Å²) in [5, 5.41) is 0. The van der Waals surface area contributed by atoms with Crippen LogP contribution in [0.2, 0.25) is 0 Å². The van der Waals surface area contributed by atoms with E-state index in [1.807, 2.05) is 0 Å². The summed E-state index contributed by atoms with van der Waals surface area (Å²) in [6.45, 7) is 4.25. The first-order valence-electron chi connectivity index (χ1n) is 6.11. The Morgan fingerprint density at radius 3 is 2.59 bits per heavy atom. The van der Waals surface area contributed by atoms with E-state index in [4.69, 9.17) is 10.5 Å². The van der Waals surface area contributed by atoms with Crippen LogP contribution in [0.25, 0.3) is 0 Å². The van der Waals surface area contributed by atoms with Gasteiger partial charge in [-0.3, -0.25) is 4.79 Å². The zero-order chi connectivity index (χ0) is 12.7. The first kappa shape index (κ1) is 13.7. The molecule has 0 saturated heterocycles. The smallest absolute Gasteiger partial charge is 0.322 e. The molecule has 0 spiro atoms. The molecule has 1 aromatic rings. The fourth-order valence-electron chi connectivity index (χ4n) is 1.65. The highest BCUT2D eigenvalue weighted by molar-refractivity contribution is 5.75. The lowest BCUT2D eigenvalue weighted by molar-refractivity contribution is -0.144. The maximum Gasteiger partial charge on any atom is 0.322 e. The van der Waals surface area contributed by atoms with Crippen LogP contribution < -0.4 is 5.73 Å². The Kier molecular flexibility index (Phi) is 5.70. The monoisotopic (exact) mass is 235 g/mol. The van der Waals surface area contributed by atoms with Crippen molar-refractivity contribution in [3.05, 3.63) is 35.4 Å². The van der Waals surface area contributed by atoms with Crippen molar-refractivity contribution in [2.45, 2.75) is 39.2 Å². The minimum atomic E-state index is -0.486. The molecule has 0 bridgehead atoms. The summed E-state index contributed by atoms with van der Waals surface area (Å²) in [4.78, 5) is 11.3. The molecule has 1 atom stereocenters. The minimum absolute atomic E-state index is 0.295. The third-order valence-electron chi connectivity index (χ3n) is 2.69. The molecule has 3 nitrogen and oxygen atoms in total. The zero-order valence-electron chi connectivity index (χ0n) is 10.6. The molecule has 17 heavy (non-hydrogen) atoms. The van der Waals surface area contributed by atoms with Gasteiger partial charge >= 0.3 is 5.97 Å². The lowest BCUT2D eigenvalue weighted by atomic mass is 10.0. The molecule has 0 aliphatic heterocycles. The van der Waals surface area contributed by atoms with E-state index < -0.39 is 6.04 Å². The summed E-state index contributed by atoms with van der Waals surface area (Å²) >= 11 is 0. The fourth-order valence-corrected chi connectivity index (χ4v) is 1.65. The molecule has 1 unspecified atom stereocenters. The summed E-state index contributed by atoms with van der Waals surface area (Å²) in [6, 6.07) is 7.94. The van der Waals surface area contributed by atoms with Gasteiger partial charge in [-0.05, 0) is 38.7 Å². The van der Waals surface area contributed by atoms with E-state index >= 15 is 0 Å². The summed E-state index contributed by atoms with van der Waals surface area (Å²) in [5.74, 6) is -0.295. The van der Waals surface area contributed by atoms with Crippen LogP contribution in [-0.2, 0) is 16.0 Å². The number of rotatable bonds is 6. The number of esters is 1. The number of ether oxygens (including phenoxy) is 1. The second kappa shape index (κ2) is 7.07. The van der Waals surface area contributed by atoms with Gasteiger partial charge in [0.15, 0.2) is 0 Å². The molecule has 0 heterocycles. The second-order valence-corrected chi connectivity index (χ2v) is 4.24. The van der Waals surface area contributed by atoms with Crippen molar-refractivity contribution in [1.82, 2.24) is 0 Å². The van der Waals surface area contributed by atoms with Crippen molar-refractivity contribution in [2.75, 3.05) is 6.61 Å². The van der Waals surface area contributed by atoms with Gasteiger partial charge in [0.25, 0.3) is 0 Å². The van der Waals surface area contributed by atoms with Crippen LogP contribution >= 0.6 is 0 Å². The van der Waals surface area contributed by atoms with E-state index in [1.54, 1.807) is 6.92 Å². The first-order chi connectivity index (χ1) is 8.13. The number of carbonyl (C=O) groups excluding carboxylic acids is 1. The maximum atomic E-state index is 11.3. The van der Waals surface area contributed by atoms with Gasteiger partial charge in [0.2, 0.25) is 0 Å². The molecule has 1 aromatic carbocycles. The third-order valence-corrected chi connectivity index (χ3v) is 2.69. The highest BCUT2D eigenvalue weighted by Gasteiger charge is 2.13. The molecule has 0 saturated carbocycles. The number of hydrogen-bond acceptors (Lipinski definition) is 3. The van der Waals surface area contributed by atoms with Gasteiger partial charge in [-0.2, -0.15) is 0 Å². The van der Waals surface area contributed by atoms with E-state index in [9.17, 15) is 4.79 Å². The van der Waals surface area contributed by atoms with Crippen LogP contribution in [0.3, 0.4) is 0 Å². The average Bonchev–Trinajstić information content (AvgIpc) is 2.32. The average molecular weight is 235 g/mol. The predicted molar refractivity (Wildman–Crippen MR) is 68.7 cm³/mol. The molecular formula is C14H21NO2. The lowest BCUT2D eigenvalue weighted by Crippen LogP contribution is -2.32. The molecule has 0 aliphatic carbocycles. The van der Waals surface area contributed by atoms with Crippen molar-refractivity contribution in [3.8, 4) is 0 Å². The molecule has 94 valence electrons. The van der Waals surface area contributed by atoms with Gasteiger partial charge in [-0.1, -0.05) is 29.8 Å². The summed E-state index contributed by atoms with van der Waals surface area (Å²) in [6.07, 6.45) is 2.53. The highest BCUT2D eigenvalue weighted by atomic mass is 16.5. The normalized spacial score (nSPS) is 12.2. The van der Waals surface area contributed by atoms with Gasteiger partial charge < -0.3 is 10.5 Å². The van der Waals surface area contributed by atoms with Gasteiger partial charge in [-0.15, -0.1) is 0 Å². The largest absolute Gasteiger partial charge is 0.465 e. The molecule has 0 radical (unpaired) electrons. The number of benzene rings is 1. The highest BCUT2D eigenvalue weighted by Crippen LogP contribution is 2.08. The zero-order valence-corrected chi connectivity index (χ0v) is 10.6. The summed E-state index contributed by atoms with van der Waals surface area (Å²) < 4.78 is 4.86. The number of carbonyl (C=O) groups is 1. The molecule has 0 amide bonds. The quantitative estimate of drug-likeness (QED) is 0.769. The second-order valence-electron chi connectivity index (χ2n) is 4.24. The number of hydrogen-bond donors (Lipinski definition) is 1. The lowest BCUT2D eigenvalue weighted by Gasteiger charge is -2.10. The van der Waals surface area contributed by atoms with Crippen molar-refractivity contribution < 1.29 is 9.53 Å². The van der Waals surface area contributed by atoms with Gasteiger partial charge in [-0.25, -0.2) is 0 Å². The van der Waals surface area contributed by atoms with Crippen LogP contribution in [-0.4, -0.2) is 18.6 Å². The molecule has 0 fully saturated rings. The van der Waals surface area contributed by atoms with Crippen LogP contribution in [0.1, 0.15) is 30.9 Å². The Bertz CT molecular complexity index is 346. The van der Waals surface area contributed by atoms with Crippen molar-refractivity contribution in [1.29, 1.82) is 0 Å². The Balaban J connectivity index is 2.27. The van der Waals surface area contributed by atoms with Crippen molar-refractivity contribution in [2.24, 2.45) is 5.73 Å². The summed E-state index contributed by atoms with van der Waals surface area (Å²) in [5.41, 5.74) is 8.26. The molecule has 2 N–H and O–H groups in total. The molecule has 1 rings (SSSR count). The third kappa shape index (κ3) is 5.00. The predicted octanol–water partition coefficient (Wildman–Crippen LogP) is 2.21. The van der Waals surface area contributed by atoms with E-state index in [0.29, 0.717) is 13.0 Å². The van der Waals surface area contributed by atoms with Gasteiger partial charge in [0, 0.05) is 0 Å². The molecular weight excluding hydrogens is 214 g/mol. The molecule has 3 heteroatoms. The topological polar surface area (TPSA) is 52.3 Å². The first-order valence-corrected chi connectivity index (χ1v) is 6.11. The van der Waals surface area contributed by atoms with Crippen molar-refractivity contribution >= 4 is 5.97 Å². The molecule has 0 aromatic heterocycles. The standard InChI is InChI=1S/C14H21NO2/c1-3-17-14(16)13(15)6-4-5-12-9-7-11(2)8-10-12/h7-10,13H,3-6,15H2,1-2H3. The van der Waals surface area contributed by atoms with E-state index in [0.717, 1.165) is 12.8 Å². The van der Waals surface area contributed by atoms with Crippen LogP contribution in [0.4, 0.5) is 0 Å². The SMILES string of the molecule is CCOC(=O)C(N)CCCc1ccc(C)cc1. The Morgan fingerprint density at radius 1 is 1.35 bits per heavy atom. The molecule has 0 aliphatic rings. The summed E-state index contributed by atoms with van der Waals surface area (Å²) in [7, 11) is 0. The Labute approximate surface area is 103 Å². The van der Waals surface area contributed by atoms with Gasteiger partial charge in [0.1, 0.15) is 6.04 Å². The Hall–Kier alpha value is -1.35. The van der Waals surface area contributed by atoms with Crippen molar-refractivity contribution in [3.63, 3.8) is 0 Å².